The molecule has 1 N–H and O–H groups in total. The summed E-state index contributed by atoms with van der Waals surface area (Å²) in [6.07, 6.45) is 0.341. The molecule has 2 unspecified atom stereocenters. The van der Waals surface area contributed by atoms with E-state index in [1.807, 2.05) is 35.9 Å². The van der Waals surface area contributed by atoms with Crippen molar-refractivity contribution in [1.29, 1.82) is 0 Å². The number of rotatable bonds is 3. The first-order valence-corrected chi connectivity index (χ1v) is 11.6. The summed E-state index contributed by atoms with van der Waals surface area (Å²) in [5.41, 5.74) is 1.14. The lowest BCUT2D eigenvalue weighted by atomic mass is 10.1. The Labute approximate surface area is 193 Å². The zero-order valence-corrected chi connectivity index (χ0v) is 18.8. The summed E-state index contributed by atoms with van der Waals surface area (Å²) in [4.78, 5) is 14.2. The molecule has 3 aromatic heterocycles. The first-order chi connectivity index (χ1) is 16.0. The Kier molecular flexibility index (Phi) is 5.08. The second-order valence-electron chi connectivity index (χ2n) is 8.63. The van der Waals surface area contributed by atoms with Crippen LogP contribution in [-0.4, -0.2) is 62.6 Å². The maximum Gasteiger partial charge on any atom is 0.200 e. The highest BCUT2D eigenvalue weighted by molar-refractivity contribution is 7.10. The zero-order chi connectivity index (χ0) is 22.6. The van der Waals surface area contributed by atoms with Crippen LogP contribution in [0.3, 0.4) is 0 Å². The number of nitrogens with zero attached hydrogens (tertiary/aromatic N) is 4. The third-order valence-corrected chi connectivity index (χ3v) is 6.60. The molecule has 6 heterocycles. The van der Waals surface area contributed by atoms with E-state index in [4.69, 9.17) is 18.9 Å². The molecule has 3 saturated heterocycles. The van der Waals surface area contributed by atoms with Crippen LogP contribution in [0.4, 0.5) is 10.2 Å². The maximum absolute atomic E-state index is 13.4. The largest absolute Gasteiger partial charge is 0.363 e. The summed E-state index contributed by atoms with van der Waals surface area (Å²) in [5.74, 6) is 6.13. The van der Waals surface area contributed by atoms with Gasteiger partial charge >= 0.3 is 0 Å². The predicted octanol–water partition coefficient (Wildman–Crippen LogP) is 2.85. The van der Waals surface area contributed by atoms with Crippen LogP contribution in [0.15, 0.2) is 30.2 Å². The van der Waals surface area contributed by atoms with Gasteiger partial charge in [0.05, 0.1) is 23.9 Å². The second-order valence-corrected chi connectivity index (χ2v) is 9.57. The molecule has 0 amide bonds. The number of imidazole rings is 1. The van der Waals surface area contributed by atoms with Gasteiger partial charge in [-0.2, -0.15) is 0 Å². The van der Waals surface area contributed by atoms with Crippen molar-refractivity contribution >= 4 is 28.3 Å². The molecule has 0 radical (unpaired) electrons. The number of ether oxygens (including phenoxy) is 4. The van der Waals surface area contributed by atoms with Gasteiger partial charge in [-0.1, -0.05) is 17.9 Å². The van der Waals surface area contributed by atoms with E-state index in [-0.39, 0.29) is 31.3 Å². The average molecular weight is 472 g/mol. The minimum absolute atomic E-state index is 0.181. The van der Waals surface area contributed by atoms with E-state index >= 15 is 0 Å². The van der Waals surface area contributed by atoms with Crippen molar-refractivity contribution in [3.63, 3.8) is 0 Å². The topological polar surface area (TPSA) is 92.6 Å². The van der Waals surface area contributed by atoms with E-state index in [1.165, 1.54) is 6.33 Å². The number of anilines is 1. The Morgan fingerprint density at radius 1 is 1.24 bits per heavy atom. The number of halogens is 1. The molecule has 3 fully saturated rings. The molecule has 0 bridgehead atoms. The fourth-order valence-corrected chi connectivity index (χ4v) is 5.01. The summed E-state index contributed by atoms with van der Waals surface area (Å²) in [6, 6.07) is 3.75. The first kappa shape index (κ1) is 20.9. The molecule has 172 valence electrons. The van der Waals surface area contributed by atoms with E-state index in [9.17, 15) is 4.39 Å². The minimum atomic E-state index is -1.27. The highest BCUT2D eigenvalue weighted by Gasteiger charge is 2.56. The van der Waals surface area contributed by atoms with Gasteiger partial charge in [0.15, 0.2) is 29.0 Å². The van der Waals surface area contributed by atoms with E-state index in [2.05, 4.69) is 32.1 Å². The van der Waals surface area contributed by atoms with Gasteiger partial charge in [0.2, 0.25) is 6.36 Å². The molecule has 0 aromatic carbocycles. The van der Waals surface area contributed by atoms with Crippen LogP contribution in [-0.2, 0) is 18.9 Å². The lowest BCUT2D eigenvalue weighted by Gasteiger charge is -2.23. The molecule has 0 spiro atoms. The Bertz CT molecular complexity index is 1220. The predicted molar refractivity (Wildman–Crippen MR) is 117 cm³/mol. The summed E-state index contributed by atoms with van der Waals surface area (Å²) in [5, 5.41) is 5.20. The Morgan fingerprint density at radius 2 is 2.12 bits per heavy atom. The minimum Gasteiger partial charge on any atom is -0.363 e. The summed E-state index contributed by atoms with van der Waals surface area (Å²) in [6.45, 7) is 4.03. The van der Waals surface area contributed by atoms with E-state index in [0.29, 0.717) is 17.0 Å². The summed E-state index contributed by atoms with van der Waals surface area (Å²) >= 11 is 1.57. The van der Waals surface area contributed by atoms with Crippen molar-refractivity contribution in [2.45, 2.75) is 63.0 Å². The molecule has 6 rings (SSSR count). The summed E-state index contributed by atoms with van der Waals surface area (Å²) < 4.78 is 38.9. The van der Waals surface area contributed by atoms with Crippen molar-refractivity contribution in [2.24, 2.45) is 0 Å². The number of nitrogens with one attached hydrogen (secondary N) is 1. The molecule has 0 aliphatic carbocycles. The van der Waals surface area contributed by atoms with Gasteiger partial charge in [-0.3, -0.25) is 4.57 Å². The number of alkyl halides is 1. The van der Waals surface area contributed by atoms with Crippen LogP contribution >= 0.6 is 11.3 Å². The van der Waals surface area contributed by atoms with Crippen LogP contribution < -0.4 is 5.32 Å². The molecular weight excluding hydrogens is 449 g/mol. The van der Waals surface area contributed by atoms with Crippen molar-refractivity contribution in [2.75, 3.05) is 11.9 Å². The standard InChI is InChI=1S/C22H22FN5O4S/c1-22(2)31-17-14(6-5-13-4-3-7-33-13)30-21(18(17)32-22)28-11-26-16-19(24-10-25-20(16)28)27-12-8-15(23)29-9-12/h3-4,7,10-12,14-15,17-18,21H,8-9H2,1-2H3,(H,24,25,27)/t12?,14-,15?,17-,18+,21-/m1/s1. The highest BCUT2D eigenvalue weighted by atomic mass is 32.1. The van der Waals surface area contributed by atoms with Crippen LogP contribution in [0.1, 0.15) is 31.4 Å². The van der Waals surface area contributed by atoms with Gasteiger partial charge in [-0.25, -0.2) is 19.3 Å². The van der Waals surface area contributed by atoms with Crippen molar-refractivity contribution < 1.29 is 23.3 Å². The fourth-order valence-electron chi connectivity index (χ4n) is 4.43. The number of aromatic nitrogens is 4. The third-order valence-electron chi connectivity index (χ3n) is 5.81. The van der Waals surface area contributed by atoms with Crippen molar-refractivity contribution in [1.82, 2.24) is 19.5 Å². The lowest BCUT2D eigenvalue weighted by molar-refractivity contribution is -0.190. The fraction of sp³-hybridized carbons (Fsp3) is 0.500. The SMILES string of the molecule is CC1(C)O[C@H]2[C@H](O1)[C@@H](C#Cc1cccs1)O[C@H]2n1cnc2c(NC3COC(F)C3)ncnc21. The normalized spacial score (nSPS) is 32.6. The lowest BCUT2D eigenvalue weighted by Crippen LogP contribution is -2.28. The first-order valence-electron chi connectivity index (χ1n) is 10.7. The monoisotopic (exact) mass is 471 g/mol. The Morgan fingerprint density at radius 3 is 2.91 bits per heavy atom. The molecule has 33 heavy (non-hydrogen) atoms. The molecule has 3 aromatic rings. The van der Waals surface area contributed by atoms with Gasteiger partial charge in [0, 0.05) is 6.42 Å². The van der Waals surface area contributed by atoms with Crippen molar-refractivity contribution in [3.05, 3.63) is 35.0 Å². The maximum atomic E-state index is 13.4. The van der Waals surface area contributed by atoms with Gasteiger partial charge in [0.1, 0.15) is 24.6 Å². The van der Waals surface area contributed by atoms with E-state index < -0.39 is 24.5 Å². The number of hydrogen-bond acceptors (Lipinski definition) is 9. The van der Waals surface area contributed by atoms with E-state index in [0.717, 1.165) is 4.88 Å². The number of thiophene rings is 1. The average Bonchev–Trinajstić information content (AvgIpc) is 3.57. The highest BCUT2D eigenvalue weighted by Crippen LogP contribution is 2.43. The molecule has 3 aliphatic rings. The molecule has 0 saturated carbocycles. The summed E-state index contributed by atoms with van der Waals surface area (Å²) in [7, 11) is 0. The number of hydrogen-bond donors (Lipinski definition) is 1. The van der Waals surface area contributed by atoms with E-state index in [1.54, 1.807) is 17.7 Å². The Hall–Kier alpha value is -2.62. The van der Waals surface area contributed by atoms with Gasteiger partial charge in [0.25, 0.3) is 0 Å². The number of fused-ring (bicyclic) bond motifs is 2. The second kappa shape index (κ2) is 8.00. The quantitative estimate of drug-likeness (QED) is 0.583. The zero-order valence-electron chi connectivity index (χ0n) is 18.0. The third kappa shape index (κ3) is 3.88. The molecule has 9 nitrogen and oxygen atoms in total. The molecule has 6 atom stereocenters. The van der Waals surface area contributed by atoms with Gasteiger partial charge in [-0.15, -0.1) is 11.3 Å². The molecule has 11 heteroatoms. The van der Waals surface area contributed by atoms with Crippen molar-refractivity contribution in [3.8, 4) is 11.8 Å². The molecule has 3 aliphatic heterocycles. The van der Waals surface area contributed by atoms with Crippen LogP contribution in [0.2, 0.25) is 0 Å². The molecular formula is C22H22FN5O4S. The smallest absolute Gasteiger partial charge is 0.200 e. The van der Waals surface area contributed by atoms with Crippen LogP contribution in [0, 0.1) is 11.8 Å². The van der Waals surface area contributed by atoms with Gasteiger partial charge in [-0.05, 0) is 25.3 Å². The van der Waals surface area contributed by atoms with Crippen LogP contribution in [0.25, 0.3) is 11.2 Å². The van der Waals surface area contributed by atoms with Crippen LogP contribution in [0.5, 0.6) is 0 Å². The van der Waals surface area contributed by atoms with Gasteiger partial charge < -0.3 is 24.3 Å². The Balaban J connectivity index is 1.31.